The summed E-state index contributed by atoms with van der Waals surface area (Å²) in [4.78, 5) is 0.0234. The molecule has 0 aliphatic heterocycles. The van der Waals surface area contributed by atoms with Gasteiger partial charge in [0, 0.05) is 12.1 Å². The normalized spacial score (nSPS) is 13.0. The third-order valence-corrected chi connectivity index (χ3v) is 4.71. The summed E-state index contributed by atoms with van der Waals surface area (Å²) in [5.74, 6) is 0.784. The van der Waals surface area contributed by atoms with Crippen LogP contribution in [0.25, 0.3) is 0 Å². The number of hydrogen-bond acceptors (Lipinski definition) is 5. The summed E-state index contributed by atoms with van der Waals surface area (Å²) in [5, 5.41) is 9.21. The summed E-state index contributed by atoms with van der Waals surface area (Å²) in [6.45, 7) is 7.79. The van der Waals surface area contributed by atoms with Crippen molar-refractivity contribution in [2.75, 3.05) is 19.8 Å². The first-order valence-corrected chi connectivity index (χ1v) is 8.91. The molecule has 0 aliphatic rings. The van der Waals surface area contributed by atoms with Crippen LogP contribution in [0.3, 0.4) is 0 Å². The molecule has 0 spiro atoms. The Bertz CT molecular complexity index is 582. The van der Waals surface area contributed by atoms with E-state index in [1.54, 1.807) is 19.9 Å². The second-order valence-electron chi connectivity index (χ2n) is 4.84. The SMILES string of the molecule is CCOc1cc(S(=O)(=O)N[C@H](CC)CO)c(OCC)cc1C. The summed E-state index contributed by atoms with van der Waals surface area (Å²) >= 11 is 0. The molecule has 1 aromatic rings. The number of nitrogens with one attached hydrogen (secondary N) is 1. The lowest BCUT2D eigenvalue weighted by Gasteiger charge is -2.18. The minimum absolute atomic E-state index is 0.0234. The van der Waals surface area contributed by atoms with Gasteiger partial charge in [-0.25, -0.2) is 13.1 Å². The molecule has 0 amide bonds. The van der Waals surface area contributed by atoms with E-state index in [9.17, 15) is 13.5 Å². The zero-order valence-corrected chi connectivity index (χ0v) is 14.4. The highest BCUT2D eigenvalue weighted by Gasteiger charge is 2.24. The fourth-order valence-electron chi connectivity index (χ4n) is 1.96. The van der Waals surface area contributed by atoms with Crippen LogP contribution < -0.4 is 14.2 Å². The number of hydrogen-bond donors (Lipinski definition) is 2. The average molecular weight is 331 g/mol. The van der Waals surface area contributed by atoms with Gasteiger partial charge in [-0.1, -0.05) is 6.92 Å². The number of aliphatic hydroxyl groups is 1. The van der Waals surface area contributed by atoms with Crippen LogP contribution >= 0.6 is 0 Å². The fraction of sp³-hybridized carbons (Fsp3) is 0.600. The van der Waals surface area contributed by atoms with E-state index >= 15 is 0 Å². The van der Waals surface area contributed by atoms with E-state index in [2.05, 4.69) is 4.72 Å². The summed E-state index contributed by atoms with van der Waals surface area (Å²) < 4.78 is 38.5. The van der Waals surface area contributed by atoms with Gasteiger partial charge in [0.2, 0.25) is 10.0 Å². The minimum Gasteiger partial charge on any atom is -0.494 e. The number of rotatable bonds is 9. The number of benzene rings is 1. The molecule has 0 saturated heterocycles. The Hall–Kier alpha value is -1.31. The minimum atomic E-state index is -3.81. The number of ether oxygens (including phenoxy) is 2. The largest absolute Gasteiger partial charge is 0.494 e. The molecule has 0 bridgehead atoms. The predicted molar refractivity (Wildman–Crippen MR) is 85.0 cm³/mol. The van der Waals surface area contributed by atoms with Gasteiger partial charge in [-0.2, -0.15) is 0 Å². The van der Waals surface area contributed by atoms with E-state index < -0.39 is 16.1 Å². The Balaban J connectivity index is 3.31. The van der Waals surface area contributed by atoms with Crippen LogP contribution in [-0.2, 0) is 10.0 Å². The van der Waals surface area contributed by atoms with E-state index in [1.165, 1.54) is 6.07 Å². The highest BCUT2D eigenvalue weighted by atomic mass is 32.2. The summed E-state index contributed by atoms with van der Waals surface area (Å²) in [7, 11) is -3.81. The quantitative estimate of drug-likeness (QED) is 0.721. The molecule has 22 heavy (non-hydrogen) atoms. The molecule has 0 heterocycles. The Morgan fingerprint density at radius 2 is 1.73 bits per heavy atom. The van der Waals surface area contributed by atoms with Crippen molar-refractivity contribution in [3.8, 4) is 11.5 Å². The van der Waals surface area contributed by atoms with Crippen molar-refractivity contribution < 1.29 is 23.0 Å². The molecule has 0 fully saturated rings. The predicted octanol–water partition coefficient (Wildman–Crippen LogP) is 1.84. The van der Waals surface area contributed by atoms with Crippen LogP contribution in [0.15, 0.2) is 17.0 Å². The summed E-state index contributed by atoms with van der Waals surface area (Å²) in [6, 6.07) is 2.59. The van der Waals surface area contributed by atoms with Gasteiger partial charge in [0.05, 0.1) is 19.8 Å². The van der Waals surface area contributed by atoms with Gasteiger partial charge in [-0.05, 0) is 38.8 Å². The van der Waals surface area contributed by atoms with Crippen molar-refractivity contribution in [3.63, 3.8) is 0 Å². The van der Waals surface area contributed by atoms with Crippen molar-refractivity contribution in [2.45, 2.75) is 45.1 Å². The molecule has 0 radical (unpaired) electrons. The van der Waals surface area contributed by atoms with Gasteiger partial charge in [0.1, 0.15) is 16.4 Å². The molecule has 6 nitrogen and oxygen atoms in total. The molecular formula is C15H25NO5S. The van der Waals surface area contributed by atoms with E-state index in [0.29, 0.717) is 25.4 Å². The average Bonchev–Trinajstić information content (AvgIpc) is 2.47. The first-order chi connectivity index (χ1) is 10.4. The van der Waals surface area contributed by atoms with E-state index in [1.807, 2.05) is 13.8 Å². The standard InChI is InChI=1S/C15H25NO5S/c1-5-12(10-17)16-22(18,19)15-9-13(20-6-2)11(4)8-14(15)21-7-3/h8-9,12,16-17H,5-7,10H2,1-4H3/t12-/m1/s1. The molecule has 2 N–H and O–H groups in total. The Morgan fingerprint density at radius 3 is 2.23 bits per heavy atom. The topological polar surface area (TPSA) is 84.9 Å². The summed E-state index contributed by atoms with van der Waals surface area (Å²) in [6.07, 6.45) is 0.490. The molecule has 0 unspecified atom stereocenters. The lowest BCUT2D eigenvalue weighted by molar-refractivity contribution is 0.253. The maximum atomic E-state index is 12.6. The van der Waals surface area contributed by atoms with Gasteiger partial charge in [0.25, 0.3) is 0 Å². The van der Waals surface area contributed by atoms with Crippen LogP contribution in [-0.4, -0.2) is 39.4 Å². The third-order valence-electron chi connectivity index (χ3n) is 3.17. The first kappa shape index (κ1) is 18.7. The van der Waals surface area contributed by atoms with Gasteiger partial charge in [0.15, 0.2) is 0 Å². The summed E-state index contributed by atoms with van der Waals surface area (Å²) in [5.41, 5.74) is 0.804. The molecular weight excluding hydrogens is 306 g/mol. The van der Waals surface area contributed by atoms with Crippen molar-refractivity contribution >= 4 is 10.0 Å². The van der Waals surface area contributed by atoms with Crippen LogP contribution in [0, 0.1) is 6.92 Å². The zero-order valence-electron chi connectivity index (χ0n) is 13.5. The zero-order chi connectivity index (χ0) is 16.8. The highest BCUT2D eigenvalue weighted by molar-refractivity contribution is 7.89. The molecule has 7 heteroatoms. The lowest BCUT2D eigenvalue weighted by atomic mass is 10.2. The van der Waals surface area contributed by atoms with Gasteiger partial charge in [-0.3, -0.25) is 0 Å². The Morgan fingerprint density at radius 1 is 1.14 bits per heavy atom. The molecule has 0 aromatic heterocycles. The van der Waals surface area contributed by atoms with Gasteiger partial charge in [-0.15, -0.1) is 0 Å². The van der Waals surface area contributed by atoms with Crippen LogP contribution in [0.2, 0.25) is 0 Å². The molecule has 1 atom stereocenters. The van der Waals surface area contributed by atoms with Crippen LogP contribution in [0.1, 0.15) is 32.8 Å². The molecule has 0 aliphatic carbocycles. The molecule has 126 valence electrons. The lowest BCUT2D eigenvalue weighted by Crippen LogP contribution is -2.37. The van der Waals surface area contributed by atoms with E-state index in [-0.39, 0.29) is 17.3 Å². The van der Waals surface area contributed by atoms with E-state index in [4.69, 9.17) is 9.47 Å². The monoisotopic (exact) mass is 331 g/mol. The second-order valence-corrected chi connectivity index (χ2v) is 6.52. The van der Waals surface area contributed by atoms with Crippen molar-refractivity contribution in [1.29, 1.82) is 0 Å². The highest BCUT2D eigenvalue weighted by Crippen LogP contribution is 2.32. The fourth-order valence-corrected chi connectivity index (χ4v) is 3.42. The first-order valence-electron chi connectivity index (χ1n) is 7.42. The van der Waals surface area contributed by atoms with Crippen LogP contribution in [0.4, 0.5) is 0 Å². The molecule has 1 rings (SSSR count). The molecule has 0 saturated carbocycles. The van der Waals surface area contributed by atoms with Gasteiger partial charge < -0.3 is 14.6 Å². The Labute approximate surface area is 132 Å². The Kier molecular flexibility index (Phi) is 7.12. The molecule has 1 aromatic carbocycles. The number of sulfonamides is 1. The van der Waals surface area contributed by atoms with Crippen molar-refractivity contribution in [3.05, 3.63) is 17.7 Å². The number of aryl methyl sites for hydroxylation is 1. The number of aliphatic hydroxyl groups excluding tert-OH is 1. The van der Waals surface area contributed by atoms with Crippen molar-refractivity contribution in [2.24, 2.45) is 0 Å². The third kappa shape index (κ3) is 4.59. The maximum Gasteiger partial charge on any atom is 0.244 e. The van der Waals surface area contributed by atoms with Crippen molar-refractivity contribution in [1.82, 2.24) is 4.72 Å². The smallest absolute Gasteiger partial charge is 0.244 e. The second kappa shape index (κ2) is 8.36. The van der Waals surface area contributed by atoms with Gasteiger partial charge >= 0.3 is 0 Å². The maximum absolute atomic E-state index is 12.6. The van der Waals surface area contributed by atoms with E-state index in [0.717, 1.165) is 5.56 Å². The van der Waals surface area contributed by atoms with Crippen LogP contribution in [0.5, 0.6) is 11.5 Å².